The average Bonchev–Trinajstić information content (AvgIpc) is 2.54. The fraction of sp³-hybridized carbons (Fsp3) is 0.667. The number of hydrogen-bond acceptors (Lipinski definition) is 4. The first-order valence-corrected chi connectivity index (χ1v) is 8.57. The van der Waals surface area contributed by atoms with Crippen LogP contribution >= 0.6 is 0 Å². The molecule has 5 heteroatoms. The summed E-state index contributed by atoms with van der Waals surface area (Å²) in [4.78, 5) is 2.29. The Balaban J connectivity index is 1.82. The van der Waals surface area contributed by atoms with Crippen molar-refractivity contribution in [2.45, 2.75) is 64.3 Å². The van der Waals surface area contributed by atoms with Crippen molar-refractivity contribution in [2.75, 3.05) is 13.3 Å². The largest absolute Gasteiger partial charge is 0.467 e. The van der Waals surface area contributed by atoms with Gasteiger partial charge in [-0.25, -0.2) is 4.39 Å². The molecular formula is C18H26FNO3. The fourth-order valence-electron chi connectivity index (χ4n) is 3.72. The number of nitrogens with zero attached hydrogens (tertiary/aromatic N) is 1. The minimum absolute atomic E-state index is 0.214. The third-order valence-corrected chi connectivity index (χ3v) is 4.71. The van der Waals surface area contributed by atoms with E-state index in [9.17, 15) is 9.50 Å². The first-order chi connectivity index (χ1) is 11.1. The van der Waals surface area contributed by atoms with Crippen LogP contribution in [0.5, 0.6) is 5.75 Å². The van der Waals surface area contributed by atoms with Crippen molar-refractivity contribution in [3.8, 4) is 5.75 Å². The van der Waals surface area contributed by atoms with Gasteiger partial charge in [0.2, 0.25) is 0 Å². The Hall–Kier alpha value is -1.17. The van der Waals surface area contributed by atoms with Crippen LogP contribution in [0, 0.1) is 5.82 Å². The molecule has 2 aliphatic rings. The van der Waals surface area contributed by atoms with Crippen LogP contribution in [-0.4, -0.2) is 35.5 Å². The molecule has 0 radical (unpaired) electrons. The number of rotatable bonds is 5. The maximum atomic E-state index is 13.9. The van der Waals surface area contributed by atoms with Gasteiger partial charge in [-0.05, 0) is 31.9 Å². The van der Waals surface area contributed by atoms with E-state index in [4.69, 9.17) is 9.47 Å². The molecule has 0 aromatic heterocycles. The Morgan fingerprint density at radius 1 is 1.30 bits per heavy atom. The summed E-state index contributed by atoms with van der Waals surface area (Å²) in [6, 6.07) is 3.50. The maximum Gasteiger partial charge on any atom is 0.189 e. The Bertz CT molecular complexity index is 529. The Morgan fingerprint density at radius 3 is 2.83 bits per heavy atom. The normalized spacial score (nSPS) is 20.2. The molecule has 1 aliphatic carbocycles. The van der Waals surface area contributed by atoms with Gasteiger partial charge in [0.05, 0.1) is 12.7 Å². The van der Waals surface area contributed by atoms with E-state index < -0.39 is 6.10 Å². The van der Waals surface area contributed by atoms with Crippen molar-refractivity contribution in [1.82, 2.24) is 4.90 Å². The standard InChI is InChI=1S/C18H26FNO3/c1-13(21)9-20(17-5-3-2-4-6-17)10-14-7-16(19)8-15-11-22-12-23-18(14)15/h7-8,13,17,21H,2-6,9-12H2,1H3. The van der Waals surface area contributed by atoms with Crippen molar-refractivity contribution in [3.63, 3.8) is 0 Å². The summed E-state index contributed by atoms with van der Waals surface area (Å²) in [7, 11) is 0. The molecule has 4 nitrogen and oxygen atoms in total. The summed E-state index contributed by atoms with van der Waals surface area (Å²) in [5.74, 6) is 0.498. The molecule has 1 aromatic carbocycles. The number of aliphatic hydroxyl groups is 1. The lowest BCUT2D eigenvalue weighted by Gasteiger charge is -2.36. The lowest BCUT2D eigenvalue weighted by molar-refractivity contribution is -0.0182. The lowest BCUT2D eigenvalue weighted by atomic mass is 9.93. The third-order valence-electron chi connectivity index (χ3n) is 4.71. The second-order valence-corrected chi connectivity index (χ2v) is 6.73. The summed E-state index contributed by atoms with van der Waals surface area (Å²) >= 11 is 0. The predicted molar refractivity (Wildman–Crippen MR) is 85.6 cm³/mol. The molecule has 1 saturated carbocycles. The predicted octanol–water partition coefficient (Wildman–Crippen LogP) is 3.21. The van der Waals surface area contributed by atoms with Gasteiger partial charge in [0, 0.05) is 30.3 Å². The quantitative estimate of drug-likeness (QED) is 0.903. The van der Waals surface area contributed by atoms with Crippen molar-refractivity contribution < 1.29 is 19.0 Å². The fourth-order valence-corrected chi connectivity index (χ4v) is 3.72. The molecule has 1 atom stereocenters. The summed E-state index contributed by atoms with van der Waals surface area (Å²) in [6.45, 7) is 3.62. The van der Waals surface area contributed by atoms with Gasteiger partial charge in [0.1, 0.15) is 11.6 Å². The minimum atomic E-state index is -0.398. The second-order valence-electron chi connectivity index (χ2n) is 6.73. The Kier molecular flexibility index (Phi) is 5.51. The van der Waals surface area contributed by atoms with Crippen LogP contribution in [0.25, 0.3) is 0 Å². The molecule has 1 unspecified atom stereocenters. The Morgan fingerprint density at radius 2 is 2.09 bits per heavy atom. The zero-order valence-electron chi connectivity index (χ0n) is 13.8. The van der Waals surface area contributed by atoms with E-state index in [1.165, 1.54) is 25.3 Å². The van der Waals surface area contributed by atoms with Crippen LogP contribution in [0.4, 0.5) is 4.39 Å². The lowest BCUT2D eigenvalue weighted by Crippen LogP contribution is -2.40. The molecule has 0 spiro atoms. The second kappa shape index (κ2) is 7.60. The van der Waals surface area contributed by atoms with Crippen LogP contribution in [0.1, 0.15) is 50.2 Å². The van der Waals surface area contributed by atoms with E-state index in [1.807, 2.05) is 0 Å². The molecule has 1 fully saturated rings. The molecule has 23 heavy (non-hydrogen) atoms. The highest BCUT2D eigenvalue weighted by Crippen LogP contribution is 2.32. The van der Waals surface area contributed by atoms with Gasteiger partial charge >= 0.3 is 0 Å². The van der Waals surface area contributed by atoms with Gasteiger partial charge in [-0.3, -0.25) is 4.90 Å². The van der Waals surface area contributed by atoms with Crippen LogP contribution in [-0.2, 0) is 17.9 Å². The van der Waals surface area contributed by atoms with Crippen molar-refractivity contribution in [1.29, 1.82) is 0 Å². The molecule has 0 amide bonds. The minimum Gasteiger partial charge on any atom is -0.467 e. The third kappa shape index (κ3) is 4.22. The van der Waals surface area contributed by atoms with Crippen LogP contribution in [0.3, 0.4) is 0 Å². The molecule has 0 bridgehead atoms. The van der Waals surface area contributed by atoms with E-state index in [0.29, 0.717) is 25.7 Å². The van der Waals surface area contributed by atoms with Gasteiger partial charge < -0.3 is 14.6 Å². The SMILES string of the molecule is CC(O)CN(Cc1cc(F)cc2c1OCOC2)C1CCCCC1. The molecule has 1 aliphatic heterocycles. The highest BCUT2D eigenvalue weighted by Gasteiger charge is 2.25. The molecular weight excluding hydrogens is 297 g/mol. The molecule has 128 valence electrons. The smallest absolute Gasteiger partial charge is 0.189 e. The summed E-state index contributed by atoms with van der Waals surface area (Å²) < 4.78 is 24.8. The number of benzene rings is 1. The number of fused-ring (bicyclic) bond motifs is 1. The molecule has 3 rings (SSSR count). The van der Waals surface area contributed by atoms with Gasteiger partial charge in [-0.1, -0.05) is 19.3 Å². The molecule has 1 heterocycles. The molecule has 1 aromatic rings. The molecule has 0 saturated heterocycles. The summed E-state index contributed by atoms with van der Waals surface area (Å²) in [5.41, 5.74) is 1.63. The van der Waals surface area contributed by atoms with Crippen molar-refractivity contribution in [2.24, 2.45) is 0 Å². The first kappa shape index (κ1) is 16.7. The van der Waals surface area contributed by atoms with Crippen molar-refractivity contribution >= 4 is 0 Å². The van der Waals surface area contributed by atoms with Gasteiger partial charge in [0.25, 0.3) is 0 Å². The van der Waals surface area contributed by atoms with Crippen LogP contribution in [0.2, 0.25) is 0 Å². The number of aliphatic hydroxyl groups excluding tert-OH is 1. The highest BCUT2D eigenvalue weighted by atomic mass is 19.1. The average molecular weight is 323 g/mol. The van der Waals surface area contributed by atoms with E-state index in [2.05, 4.69) is 4.90 Å². The van der Waals surface area contributed by atoms with Gasteiger partial charge in [-0.2, -0.15) is 0 Å². The van der Waals surface area contributed by atoms with Gasteiger partial charge in [-0.15, -0.1) is 0 Å². The number of ether oxygens (including phenoxy) is 2. The number of halogens is 1. The van der Waals surface area contributed by atoms with E-state index in [-0.39, 0.29) is 12.6 Å². The van der Waals surface area contributed by atoms with E-state index in [0.717, 1.165) is 29.7 Å². The highest BCUT2D eigenvalue weighted by molar-refractivity contribution is 5.42. The first-order valence-electron chi connectivity index (χ1n) is 8.57. The zero-order chi connectivity index (χ0) is 16.2. The monoisotopic (exact) mass is 323 g/mol. The Labute approximate surface area is 137 Å². The van der Waals surface area contributed by atoms with E-state index in [1.54, 1.807) is 13.0 Å². The van der Waals surface area contributed by atoms with E-state index >= 15 is 0 Å². The topological polar surface area (TPSA) is 41.9 Å². The molecule has 1 N–H and O–H groups in total. The summed E-state index contributed by atoms with van der Waals surface area (Å²) in [5, 5.41) is 9.86. The maximum absolute atomic E-state index is 13.9. The van der Waals surface area contributed by atoms with Crippen molar-refractivity contribution in [3.05, 3.63) is 29.1 Å². The van der Waals surface area contributed by atoms with Gasteiger partial charge in [0.15, 0.2) is 6.79 Å². The zero-order valence-corrected chi connectivity index (χ0v) is 13.8. The van der Waals surface area contributed by atoms with Crippen LogP contribution < -0.4 is 4.74 Å². The number of hydrogen-bond donors (Lipinski definition) is 1. The van der Waals surface area contributed by atoms with Crippen LogP contribution in [0.15, 0.2) is 12.1 Å². The summed E-state index contributed by atoms with van der Waals surface area (Å²) in [6.07, 6.45) is 5.64.